The van der Waals surface area contributed by atoms with Crippen LogP contribution in [0, 0.1) is 0 Å². The van der Waals surface area contributed by atoms with E-state index < -0.39 is 0 Å². The van der Waals surface area contributed by atoms with Gasteiger partial charge < -0.3 is 0 Å². The molecule has 0 aliphatic rings. The summed E-state index contributed by atoms with van der Waals surface area (Å²) in [5, 5.41) is 0. The molecule has 2 nitrogen and oxygen atoms in total. The third-order valence-corrected chi connectivity index (χ3v) is 4.16. The molecule has 22 heavy (non-hydrogen) atoms. The molecule has 3 rings (SSSR count). The molecule has 0 radical (unpaired) electrons. The molecule has 2 heterocycles. The van der Waals surface area contributed by atoms with E-state index in [0.29, 0.717) is 5.92 Å². The van der Waals surface area contributed by atoms with Crippen LogP contribution in [0.2, 0.25) is 0 Å². The van der Waals surface area contributed by atoms with E-state index in [0.717, 1.165) is 23.2 Å². The molecule has 0 bridgehead atoms. The molecule has 1 aromatic carbocycles. The van der Waals surface area contributed by atoms with Crippen molar-refractivity contribution >= 4 is 0 Å². The van der Waals surface area contributed by atoms with E-state index in [9.17, 15) is 0 Å². The van der Waals surface area contributed by atoms with Gasteiger partial charge in [-0.25, -0.2) is 0 Å². The molecule has 0 spiro atoms. The summed E-state index contributed by atoms with van der Waals surface area (Å²) < 4.78 is 0. The van der Waals surface area contributed by atoms with Crippen molar-refractivity contribution in [1.29, 1.82) is 0 Å². The fourth-order valence-corrected chi connectivity index (χ4v) is 2.53. The lowest BCUT2D eigenvalue weighted by atomic mass is 9.96. The largest absolute Gasteiger partial charge is 0.265 e. The van der Waals surface area contributed by atoms with Gasteiger partial charge in [-0.2, -0.15) is 0 Å². The van der Waals surface area contributed by atoms with Crippen molar-refractivity contribution in [3.63, 3.8) is 0 Å². The molecule has 0 fully saturated rings. The van der Waals surface area contributed by atoms with Crippen molar-refractivity contribution < 1.29 is 0 Å². The smallest absolute Gasteiger partial charge is 0.0708 e. The normalized spacial score (nSPS) is 12.1. The lowest BCUT2D eigenvalue weighted by Gasteiger charge is -2.10. The second-order valence-electron chi connectivity index (χ2n) is 5.60. The van der Waals surface area contributed by atoms with E-state index in [4.69, 9.17) is 0 Å². The first-order valence-electron chi connectivity index (χ1n) is 7.74. The molecular weight excluding hydrogens is 268 g/mol. The molecule has 0 saturated heterocycles. The number of pyridine rings is 2. The number of hydrogen-bond donors (Lipinski definition) is 0. The number of nitrogens with zero attached hydrogens (tertiary/aromatic N) is 2. The number of rotatable bonds is 4. The molecule has 0 aliphatic heterocycles. The minimum absolute atomic E-state index is 0.602. The van der Waals surface area contributed by atoms with E-state index in [1.54, 1.807) is 0 Å². The Morgan fingerprint density at radius 3 is 2.18 bits per heavy atom. The van der Waals surface area contributed by atoms with Crippen LogP contribution in [-0.2, 0) is 0 Å². The van der Waals surface area contributed by atoms with Gasteiger partial charge in [-0.15, -0.1) is 0 Å². The van der Waals surface area contributed by atoms with Crippen molar-refractivity contribution in [2.45, 2.75) is 26.2 Å². The second kappa shape index (κ2) is 6.52. The fourth-order valence-electron chi connectivity index (χ4n) is 2.53. The van der Waals surface area contributed by atoms with Gasteiger partial charge in [-0.05, 0) is 53.3 Å². The molecular formula is C20H20N2. The molecule has 1 unspecified atom stereocenters. The molecule has 2 aromatic heterocycles. The van der Waals surface area contributed by atoms with Crippen LogP contribution in [0.25, 0.3) is 22.4 Å². The summed E-state index contributed by atoms with van der Waals surface area (Å²) in [4.78, 5) is 8.58. The summed E-state index contributed by atoms with van der Waals surface area (Å²) in [6.45, 7) is 4.48. The Hall–Kier alpha value is -2.48. The van der Waals surface area contributed by atoms with Gasteiger partial charge in [0.05, 0.1) is 5.69 Å². The highest BCUT2D eigenvalue weighted by atomic mass is 14.7. The average Bonchev–Trinajstić information content (AvgIpc) is 2.62. The summed E-state index contributed by atoms with van der Waals surface area (Å²) in [6.07, 6.45) is 6.66. The molecule has 0 amide bonds. The maximum atomic E-state index is 4.51. The first kappa shape index (κ1) is 14.5. The van der Waals surface area contributed by atoms with Gasteiger partial charge >= 0.3 is 0 Å². The van der Waals surface area contributed by atoms with Crippen LogP contribution in [0.3, 0.4) is 0 Å². The predicted octanol–water partition coefficient (Wildman–Crippen LogP) is 5.32. The van der Waals surface area contributed by atoms with Gasteiger partial charge in [0.2, 0.25) is 0 Å². The first-order valence-corrected chi connectivity index (χ1v) is 7.74. The van der Waals surface area contributed by atoms with Crippen LogP contribution >= 0.6 is 0 Å². The van der Waals surface area contributed by atoms with Gasteiger partial charge in [0.25, 0.3) is 0 Å². The molecule has 1 atom stereocenters. The third-order valence-electron chi connectivity index (χ3n) is 4.16. The van der Waals surface area contributed by atoms with E-state index in [1.165, 1.54) is 11.1 Å². The SMILES string of the molecule is CCC(C)c1ccc(-c2cc(-c3ccncc3)ccn2)cc1. The van der Waals surface area contributed by atoms with Crippen LogP contribution in [-0.4, -0.2) is 9.97 Å². The number of aromatic nitrogens is 2. The molecule has 2 heteroatoms. The van der Waals surface area contributed by atoms with Gasteiger partial charge in [-0.3, -0.25) is 9.97 Å². The average molecular weight is 288 g/mol. The number of hydrogen-bond acceptors (Lipinski definition) is 2. The zero-order valence-corrected chi connectivity index (χ0v) is 13.0. The van der Waals surface area contributed by atoms with E-state index >= 15 is 0 Å². The maximum Gasteiger partial charge on any atom is 0.0708 e. The molecule has 110 valence electrons. The zero-order valence-electron chi connectivity index (χ0n) is 13.0. The van der Waals surface area contributed by atoms with Gasteiger partial charge in [-0.1, -0.05) is 38.1 Å². The van der Waals surface area contributed by atoms with Crippen LogP contribution in [0.5, 0.6) is 0 Å². The molecule has 0 N–H and O–H groups in total. The Balaban J connectivity index is 1.92. The zero-order chi connectivity index (χ0) is 15.4. The van der Waals surface area contributed by atoms with Crippen molar-refractivity contribution in [3.05, 3.63) is 72.7 Å². The van der Waals surface area contributed by atoms with Crippen molar-refractivity contribution in [2.24, 2.45) is 0 Å². The third kappa shape index (κ3) is 3.06. The Kier molecular flexibility index (Phi) is 4.29. The summed E-state index contributed by atoms with van der Waals surface area (Å²) in [6, 6.07) is 17.0. The van der Waals surface area contributed by atoms with Gasteiger partial charge in [0, 0.05) is 24.2 Å². The molecule has 0 saturated carbocycles. The van der Waals surface area contributed by atoms with Gasteiger partial charge in [0.1, 0.15) is 0 Å². The van der Waals surface area contributed by atoms with E-state index in [-0.39, 0.29) is 0 Å². The summed E-state index contributed by atoms with van der Waals surface area (Å²) in [5.74, 6) is 0.602. The Morgan fingerprint density at radius 2 is 1.50 bits per heavy atom. The first-order chi connectivity index (χ1) is 10.8. The Morgan fingerprint density at radius 1 is 0.818 bits per heavy atom. The van der Waals surface area contributed by atoms with Gasteiger partial charge in [0.15, 0.2) is 0 Å². The molecule has 3 aromatic rings. The van der Waals surface area contributed by atoms with E-state index in [1.807, 2.05) is 36.8 Å². The van der Waals surface area contributed by atoms with Crippen molar-refractivity contribution in [1.82, 2.24) is 9.97 Å². The van der Waals surface area contributed by atoms with Crippen LogP contribution in [0.15, 0.2) is 67.1 Å². The van der Waals surface area contributed by atoms with Crippen molar-refractivity contribution in [2.75, 3.05) is 0 Å². The standard InChI is InChI=1S/C20H20N2/c1-3-15(2)16-4-6-18(7-5-16)20-14-19(10-13-22-20)17-8-11-21-12-9-17/h4-15H,3H2,1-2H3. The highest BCUT2D eigenvalue weighted by Crippen LogP contribution is 2.26. The summed E-state index contributed by atoms with van der Waals surface area (Å²) in [7, 11) is 0. The quantitative estimate of drug-likeness (QED) is 0.649. The highest BCUT2D eigenvalue weighted by Gasteiger charge is 2.05. The van der Waals surface area contributed by atoms with Crippen LogP contribution in [0.4, 0.5) is 0 Å². The minimum Gasteiger partial charge on any atom is -0.265 e. The maximum absolute atomic E-state index is 4.51. The lowest BCUT2D eigenvalue weighted by Crippen LogP contribution is -1.91. The van der Waals surface area contributed by atoms with Crippen molar-refractivity contribution in [3.8, 4) is 22.4 Å². The Labute approximate surface area is 131 Å². The monoisotopic (exact) mass is 288 g/mol. The highest BCUT2D eigenvalue weighted by molar-refractivity contribution is 5.70. The lowest BCUT2D eigenvalue weighted by molar-refractivity contribution is 0.734. The minimum atomic E-state index is 0.602. The number of benzene rings is 1. The van der Waals surface area contributed by atoms with Crippen LogP contribution in [0.1, 0.15) is 31.7 Å². The Bertz CT molecular complexity index is 733. The summed E-state index contributed by atoms with van der Waals surface area (Å²) in [5.41, 5.74) is 5.87. The predicted molar refractivity (Wildman–Crippen MR) is 91.6 cm³/mol. The van der Waals surface area contributed by atoms with Crippen LogP contribution < -0.4 is 0 Å². The topological polar surface area (TPSA) is 25.8 Å². The molecule has 0 aliphatic carbocycles. The second-order valence-corrected chi connectivity index (χ2v) is 5.60. The fraction of sp³-hybridized carbons (Fsp3) is 0.200. The summed E-state index contributed by atoms with van der Waals surface area (Å²) >= 11 is 0. The van der Waals surface area contributed by atoms with E-state index in [2.05, 4.69) is 54.1 Å².